The Balaban J connectivity index is 1.83. The molecule has 1 aliphatic rings. The summed E-state index contributed by atoms with van der Waals surface area (Å²) in [6, 6.07) is 4.73. The number of aryl methyl sites for hydroxylation is 1. The Morgan fingerprint density at radius 1 is 1.15 bits per heavy atom. The van der Waals surface area contributed by atoms with E-state index < -0.39 is 21.3 Å². The molecule has 0 aliphatic carbocycles. The lowest BCUT2D eigenvalue weighted by Crippen LogP contribution is -2.42. The molecule has 0 amide bonds. The van der Waals surface area contributed by atoms with Crippen LogP contribution >= 0.6 is 0 Å². The van der Waals surface area contributed by atoms with Gasteiger partial charge < -0.3 is 0 Å². The molecular formula is C18H26N4O4S. The van der Waals surface area contributed by atoms with E-state index in [2.05, 4.69) is 16.5 Å². The lowest BCUT2D eigenvalue weighted by molar-refractivity contribution is 0.164. The van der Waals surface area contributed by atoms with E-state index >= 15 is 0 Å². The second kappa shape index (κ2) is 7.57. The minimum atomic E-state index is -3.73. The molecule has 9 heteroatoms. The zero-order chi connectivity index (χ0) is 19.8. The third-order valence-corrected chi connectivity index (χ3v) is 6.84. The number of benzene rings is 1. The molecule has 148 valence electrons. The summed E-state index contributed by atoms with van der Waals surface area (Å²) in [4.78, 5) is 26.7. The molecule has 1 fully saturated rings. The van der Waals surface area contributed by atoms with Gasteiger partial charge in [0.2, 0.25) is 10.0 Å². The molecule has 1 aliphatic heterocycles. The van der Waals surface area contributed by atoms with Crippen molar-refractivity contribution in [2.75, 3.05) is 19.6 Å². The summed E-state index contributed by atoms with van der Waals surface area (Å²) in [6.45, 7) is 4.13. The van der Waals surface area contributed by atoms with Crippen LogP contribution in [0.4, 0.5) is 0 Å². The average Bonchev–Trinajstić information content (AvgIpc) is 2.65. The first-order valence-corrected chi connectivity index (χ1v) is 10.6. The Kier molecular flexibility index (Phi) is 5.55. The van der Waals surface area contributed by atoms with Gasteiger partial charge in [0.25, 0.3) is 5.56 Å². The topological polar surface area (TPSA) is 93.4 Å². The van der Waals surface area contributed by atoms with E-state index in [9.17, 15) is 18.0 Å². The van der Waals surface area contributed by atoms with Gasteiger partial charge in [0, 0.05) is 33.2 Å². The molecule has 1 aromatic heterocycles. The quantitative estimate of drug-likeness (QED) is 0.792. The average molecular weight is 394 g/mol. The molecule has 2 heterocycles. The van der Waals surface area contributed by atoms with Crippen LogP contribution in [0.1, 0.15) is 26.2 Å². The molecule has 0 spiro atoms. The lowest BCUT2D eigenvalue weighted by Gasteiger charge is -2.33. The van der Waals surface area contributed by atoms with Crippen molar-refractivity contribution < 1.29 is 8.42 Å². The predicted octanol–water partition coefficient (Wildman–Crippen LogP) is 0.390. The summed E-state index contributed by atoms with van der Waals surface area (Å²) >= 11 is 0. The molecule has 0 saturated carbocycles. The fourth-order valence-corrected chi connectivity index (χ4v) is 4.69. The van der Waals surface area contributed by atoms with Crippen LogP contribution in [0.15, 0.2) is 32.7 Å². The number of hydrogen-bond acceptors (Lipinski definition) is 5. The number of fused-ring (bicyclic) bond motifs is 1. The Morgan fingerprint density at radius 3 is 2.59 bits per heavy atom. The molecule has 2 aromatic rings. The fourth-order valence-electron chi connectivity index (χ4n) is 3.64. The highest BCUT2D eigenvalue weighted by atomic mass is 32.2. The first-order valence-electron chi connectivity index (χ1n) is 9.16. The largest absolute Gasteiger partial charge is 0.330 e. The van der Waals surface area contributed by atoms with E-state index in [-0.39, 0.29) is 10.3 Å². The first-order chi connectivity index (χ1) is 12.7. The van der Waals surface area contributed by atoms with Crippen molar-refractivity contribution in [2.24, 2.45) is 14.1 Å². The summed E-state index contributed by atoms with van der Waals surface area (Å²) in [7, 11) is -0.805. The van der Waals surface area contributed by atoms with Gasteiger partial charge >= 0.3 is 5.69 Å². The molecule has 27 heavy (non-hydrogen) atoms. The van der Waals surface area contributed by atoms with Gasteiger partial charge in [-0.1, -0.05) is 6.42 Å². The Hall–Kier alpha value is -1.97. The highest BCUT2D eigenvalue weighted by Crippen LogP contribution is 2.17. The molecule has 1 unspecified atom stereocenters. The van der Waals surface area contributed by atoms with E-state index in [0.717, 1.165) is 24.0 Å². The minimum absolute atomic E-state index is 0.0254. The zero-order valence-electron chi connectivity index (χ0n) is 15.9. The second-order valence-corrected chi connectivity index (χ2v) is 8.93. The van der Waals surface area contributed by atoms with E-state index in [0.29, 0.717) is 24.6 Å². The number of piperidine rings is 1. The number of likely N-dealkylation sites (tertiary alicyclic amines) is 1. The number of rotatable bonds is 5. The summed E-state index contributed by atoms with van der Waals surface area (Å²) in [6.07, 6.45) is 3.50. The molecule has 1 N–H and O–H groups in total. The standard InChI is InChI=1S/C18H26N4O4S/c1-13-6-4-5-10-22(13)11-9-19-27(25,26)14-7-8-16-15(12-14)17(23)21(3)18(24)20(16)2/h7-8,12-13,19H,4-6,9-11H2,1-3H3. The van der Waals surface area contributed by atoms with E-state index in [1.165, 1.54) is 36.2 Å². The van der Waals surface area contributed by atoms with Crippen molar-refractivity contribution in [1.29, 1.82) is 0 Å². The maximum absolute atomic E-state index is 12.6. The molecule has 0 bridgehead atoms. The Morgan fingerprint density at radius 2 is 1.89 bits per heavy atom. The molecule has 0 radical (unpaired) electrons. The van der Waals surface area contributed by atoms with Crippen molar-refractivity contribution in [3.05, 3.63) is 39.0 Å². The smallest absolute Gasteiger partial charge is 0.299 e. The highest BCUT2D eigenvalue weighted by Gasteiger charge is 2.20. The van der Waals surface area contributed by atoms with Crippen molar-refractivity contribution in [1.82, 2.24) is 18.8 Å². The van der Waals surface area contributed by atoms with Crippen molar-refractivity contribution in [2.45, 2.75) is 37.1 Å². The van der Waals surface area contributed by atoms with Crippen LogP contribution in [-0.4, -0.2) is 48.1 Å². The van der Waals surface area contributed by atoms with Crippen LogP contribution in [0.2, 0.25) is 0 Å². The Labute approximate surface area is 158 Å². The van der Waals surface area contributed by atoms with Gasteiger partial charge in [-0.05, 0) is 44.5 Å². The van der Waals surface area contributed by atoms with Gasteiger partial charge in [0.15, 0.2) is 0 Å². The molecule has 1 atom stereocenters. The van der Waals surface area contributed by atoms with Gasteiger partial charge in [0.1, 0.15) is 0 Å². The first kappa shape index (κ1) is 19.8. The van der Waals surface area contributed by atoms with E-state index in [1.54, 1.807) is 7.05 Å². The Bertz CT molecular complexity index is 1070. The monoisotopic (exact) mass is 394 g/mol. The molecule has 3 rings (SSSR count). The van der Waals surface area contributed by atoms with Crippen LogP contribution in [0.5, 0.6) is 0 Å². The van der Waals surface area contributed by atoms with E-state index in [4.69, 9.17) is 0 Å². The molecule has 1 aromatic carbocycles. The number of hydrogen-bond donors (Lipinski definition) is 1. The maximum atomic E-state index is 12.6. The third kappa shape index (κ3) is 3.85. The highest BCUT2D eigenvalue weighted by molar-refractivity contribution is 7.89. The van der Waals surface area contributed by atoms with Crippen LogP contribution in [0.3, 0.4) is 0 Å². The summed E-state index contributed by atoms with van der Waals surface area (Å²) in [5.74, 6) is 0. The van der Waals surface area contributed by atoms with Crippen LogP contribution < -0.4 is 16.0 Å². The summed E-state index contributed by atoms with van der Waals surface area (Å²) in [5, 5.41) is 0.201. The third-order valence-electron chi connectivity index (χ3n) is 5.38. The van der Waals surface area contributed by atoms with Gasteiger partial charge in [-0.3, -0.25) is 18.8 Å². The fraction of sp³-hybridized carbons (Fsp3) is 0.556. The second-order valence-electron chi connectivity index (χ2n) is 7.16. The van der Waals surface area contributed by atoms with Crippen molar-refractivity contribution in [3.8, 4) is 0 Å². The normalized spacial score (nSPS) is 18.9. The number of nitrogens with zero attached hydrogens (tertiary/aromatic N) is 3. The van der Waals surface area contributed by atoms with Gasteiger partial charge in [0.05, 0.1) is 15.8 Å². The summed E-state index contributed by atoms with van der Waals surface area (Å²) < 4.78 is 30.2. The van der Waals surface area contributed by atoms with Gasteiger partial charge in [-0.15, -0.1) is 0 Å². The molecule has 8 nitrogen and oxygen atoms in total. The summed E-state index contributed by atoms with van der Waals surface area (Å²) in [5.41, 5.74) is -0.548. The maximum Gasteiger partial charge on any atom is 0.330 e. The lowest BCUT2D eigenvalue weighted by atomic mass is 10.0. The van der Waals surface area contributed by atoms with E-state index in [1.807, 2.05) is 0 Å². The van der Waals surface area contributed by atoms with Crippen molar-refractivity contribution in [3.63, 3.8) is 0 Å². The molecular weight excluding hydrogens is 368 g/mol. The zero-order valence-corrected chi connectivity index (χ0v) is 16.8. The van der Waals surface area contributed by atoms with Crippen LogP contribution in [-0.2, 0) is 24.1 Å². The number of sulfonamides is 1. The minimum Gasteiger partial charge on any atom is -0.299 e. The van der Waals surface area contributed by atoms with Crippen molar-refractivity contribution >= 4 is 20.9 Å². The van der Waals surface area contributed by atoms with Crippen LogP contribution in [0, 0.1) is 0 Å². The predicted molar refractivity (Wildman–Crippen MR) is 105 cm³/mol. The molecule has 1 saturated heterocycles. The number of aromatic nitrogens is 2. The SMILES string of the molecule is CC1CCCCN1CCNS(=O)(=O)c1ccc2c(c1)c(=O)n(C)c(=O)n2C. The van der Waals surface area contributed by atoms with Crippen LogP contribution in [0.25, 0.3) is 10.9 Å². The number of nitrogens with one attached hydrogen (secondary N) is 1. The van der Waals surface area contributed by atoms with Gasteiger partial charge in [-0.25, -0.2) is 17.9 Å². The van der Waals surface area contributed by atoms with Gasteiger partial charge in [-0.2, -0.15) is 0 Å².